The van der Waals surface area contributed by atoms with Crippen LogP contribution in [0.25, 0.3) is 0 Å². The van der Waals surface area contributed by atoms with Crippen molar-refractivity contribution in [3.63, 3.8) is 0 Å². The summed E-state index contributed by atoms with van der Waals surface area (Å²) in [5.41, 5.74) is 0.980. The maximum Gasteiger partial charge on any atom is 0.338 e. The fourth-order valence-corrected chi connectivity index (χ4v) is 4.47. The highest BCUT2D eigenvalue weighted by atomic mass is 16.8. The number of rotatable bonds is 6. The van der Waals surface area contributed by atoms with Crippen LogP contribution < -0.4 is 9.47 Å². The number of para-hydroxylation sites is 1. The molecule has 182 valence electrons. The highest BCUT2D eigenvalue weighted by Crippen LogP contribution is 2.49. The van der Waals surface area contributed by atoms with Gasteiger partial charge in [-0.05, 0) is 30.7 Å². The number of hydrogen-bond acceptors (Lipinski definition) is 9. The van der Waals surface area contributed by atoms with Crippen LogP contribution >= 0.6 is 0 Å². The second kappa shape index (κ2) is 8.99. The third kappa shape index (κ3) is 3.84. The van der Waals surface area contributed by atoms with Crippen molar-refractivity contribution in [2.45, 2.75) is 43.5 Å². The number of methoxy groups -OCH3 is 3. The van der Waals surface area contributed by atoms with Crippen LogP contribution in [0.2, 0.25) is 0 Å². The first-order chi connectivity index (χ1) is 16.2. The predicted octanol–water partition coefficient (Wildman–Crippen LogP) is 2.71. The number of aliphatic hydroxyl groups excluding tert-OH is 1. The molecule has 0 unspecified atom stereocenters. The molecule has 0 radical (unpaired) electrons. The summed E-state index contributed by atoms with van der Waals surface area (Å²) in [5.74, 6) is -5.70. The Morgan fingerprint density at radius 3 is 2.18 bits per heavy atom. The van der Waals surface area contributed by atoms with E-state index < -0.39 is 47.6 Å². The van der Waals surface area contributed by atoms with Gasteiger partial charge in [-0.25, -0.2) is 4.79 Å². The summed E-state index contributed by atoms with van der Waals surface area (Å²) in [6.07, 6.45) is -2.60. The average Bonchev–Trinajstić information content (AvgIpc) is 2.85. The standard InChI is InChI=1S/C25H28O9/c1-24(30-4)25(2,31-5)34-23(28)21(33-24)18-16-8-6-7-9-17(16)32-22(27)19(18)20(26)14-10-12-15(29-3)13-11-14/h6-13,18-21,26H,1-5H3/t18-,19-,20+,21+,24-,25-/m1/s1. The molecule has 9 heteroatoms. The van der Waals surface area contributed by atoms with Crippen molar-refractivity contribution < 1.29 is 43.1 Å². The number of benzene rings is 2. The zero-order valence-corrected chi connectivity index (χ0v) is 19.6. The van der Waals surface area contributed by atoms with E-state index in [0.717, 1.165) is 0 Å². The molecule has 2 aliphatic rings. The normalized spacial score (nSPS) is 31.8. The summed E-state index contributed by atoms with van der Waals surface area (Å²) in [6, 6.07) is 13.5. The summed E-state index contributed by atoms with van der Waals surface area (Å²) in [7, 11) is 4.31. The Kier molecular flexibility index (Phi) is 6.39. The zero-order valence-electron chi connectivity index (χ0n) is 19.6. The van der Waals surface area contributed by atoms with Crippen molar-refractivity contribution in [2.24, 2.45) is 5.92 Å². The van der Waals surface area contributed by atoms with E-state index >= 15 is 0 Å². The minimum absolute atomic E-state index is 0.284. The molecular formula is C25H28O9. The van der Waals surface area contributed by atoms with E-state index in [1.807, 2.05) is 0 Å². The van der Waals surface area contributed by atoms with Crippen LogP contribution in [0.5, 0.6) is 11.5 Å². The van der Waals surface area contributed by atoms with E-state index in [9.17, 15) is 14.7 Å². The smallest absolute Gasteiger partial charge is 0.338 e. The quantitative estimate of drug-likeness (QED) is 0.501. The van der Waals surface area contributed by atoms with E-state index in [4.69, 9.17) is 28.4 Å². The largest absolute Gasteiger partial charge is 0.497 e. The summed E-state index contributed by atoms with van der Waals surface area (Å²) in [6.45, 7) is 3.11. The van der Waals surface area contributed by atoms with E-state index in [1.54, 1.807) is 55.5 Å². The Hall–Kier alpha value is -2.98. The lowest BCUT2D eigenvalue weighted by Crippen LogP contribution is -2.65. The number of hydrogen-bond donors (Lipinski definition) is 1. The van der Waals surface area contributed by atoms with Crippen LogP contribution in [-0.4, -0.2) is 56.1 Å². The van der Waals surface area contributed by atoms with Gasteiger partial charge in [0.05, 0.1) is 19.1 Å². The first kappa shape index (κ1) is 24.2. The minimum Gasteiger partial charge on any atom is -0.497 e. The van der Waals surface area contributed by atoms with Crippen LogP contribution in [-0.2, 0) is 28.5 Å². The molecule has 0 saturated carbocycles. The van der Waals surface area contributed by atoms with Gasteiger partial charge in [-0.3, -0.25) is 4.79 Å². The fourth-order valence-electron chi connectivity index (χ4n) is 4.47. The lowest BCUT2D eigenvalue weighted by molar-refractivity contribution is -0.408. The topological polar surface area (TPSA) is 110 Å². The Balaban J connectivity index is 1.80. The van der Waals surface area contributed by atoms with Gasteiger partial charge >= 0.3 is 11.9 Å². The van der Waals surface area contributed by atoms with Gasteiger partial charge in [0.2, 0.25) is 5.79 Å². The highest BCUT2D eigenvalue weighted by Gasteiger charge is 2.61. The maximum atomic E-state index is 13.2. The van der Waals surface area contributed by atoms with Crippen molar-refractivity contribution in [3.8, 4) is 11.5 Å². The van der Waals surface area contributed by atoms with Gasteiger partial charge in [0, 0.05) is 32.6 Å². The molecule has 9 nitrogen and oxygen atoms in total. The molecule has 0 aliphatic carbocycles. The van der Waals surface area contributed by atoms with Gasteiger partial charge in [-0.1, -0.05) is 30.3 Å². The van der Waals surface area contributed by atoms with Crippen LogP contribution in [0.3, 0.4) is 0 Å². The Bertz CT molecular complexity index is 1070. The van der Waals surface area contributed by atoms with Gasteiger partial charge in [-0.15, -0.1) is 0 Å². The summed E-state index contributed by atoms with van der Waals surface area (Å²) >= 11 is 0. The predicted molar refractivity (Wildman–Crippen MR) is 118 cm³/mol. The van der Waals surface area contributed by atoms with Crippen LogP contribution in [0.4, 0.5) is 0 Å². The lowest BCUT2D eigenvalue weighted by atomic mass is 9.74. The molecule has 1 saturated heterocycles. The van der Waals surface area contributed by atoms with E-state index in [-0.39, 0.29) is 5.75 Å². The van der Waals surface area contributed by atoms with Crippen molar-refractivity contribution in [3.05, 3.63) is 59.7 Å². The third-order valence-corrected chi connectivity index (χ3v) is 6.75. The van der Waals surface area contributed by atoms with Crippen LogP contribution in [0.15, 0.2) is 48.5 Å². The SMILES string of the molecule is COc1ccc([C@H](O)[C@@H]2C(=O)Oc3ccccc3[C@H]2[C@@H]2O[C@@](C)(OC)[C@](C)(OC)OC2=O)cc1. The number of fused-ring (bicyclic) bond motifs is 1. The average molecular weight is 472 g/mol. The molecule has 2 aromatic rings. The molecule has 0 bridgehead atoms. The second-order valence-electron chi connectivity index (χ2n) is 8.49. The van der Waals surface area contributed by atoms with E-state index in [1.165, 1.54) is 28.3 Å². The molecule has 2 heterocycles. The van der Waals surface area contributed by atoms with Crippen LogP contribution in [0, 0.1) is 5.92 Å². The Morgan fingerprint density at radius 1 is 0.912 bits per heavy atom. The molecule has 1 N–H and O–H groups in total. The summed E-state index contributed by atoms with van der Waals surface area (Å²) < 4.78 is 33.5. The fraction of sp³-hybridized carbons (Fsp3) is 0.440. The number of carbonyl (C=O) groups is 2. The molecule has 34 heavy (non-hydrogen) atoms. The number of esters is 2. The van der Waals surface area contributed by atoms with E-state index in [0.29, 0.717) is 16.9 Å². The maximum absolute atomic E-state index is 13.2. The zero-order chi connectivity index (χ0) is 24.7. The summed E-state index contributed by atoms with van der Waals surface area (Å²) in [4.78, 5) is 26.4. The molecule has 4 rings (SSSR count). The van der Waals surface area contributed by atoms with Crippen molar-refractivity contribution >= 4 is 11.9 Å². The first-order valence-electron chi connectivity index (χ1n) is 10.8. The summed E-state index contributed by atoms with van der Waals surface area (Å²) in [5, 5.41) is 11.3. The number of aliphatic hydroxyl groups is 1. The molecule has 2 aliphatic heterocycles. The van der Waals surface area contributed by atoms with Gasteiger partial charge in [0.25, 0.3) is 5.79 Å². The molecule has 1 fully saturated rings. The van der Waals surface area contributed by atoms with Gasteiger partial charge in [0.1, 0.15) is 11.5 Å². The van der Waals surface area contributed by atoms with Crippen LogP contribution in [0.1, 0.15) is 37.0 Å². The molecular weight excluding hydrogens is 444 g/mol. The van der Waals surface area contributed by atoms with Gasteiger partial charge in [-0.2, -0.15) is 0 Å². The molecule has 0 aromatic heterocycles. The molecule has 0 spiro atoms. The lowest BCUT2D eigenvalue weighted by Gasteiger charge is -2.50. The number of ether oxygens (including phenoxy) is 6. The first-order valence-corrected chi connectivity index (χ1v) is 10.8. The highest BCUT2D eigenvalue weighted by molar-refractivity contribution is 5.84. The monoisotopic (exact) mass is 472 g/mol. The van der Waals surface area contributed by atoms with Crippen molar-refractivity contribution in [1.82, 2.24) is 0 Å². The minimum atomic E-state index is -1.53. The van der Waals surface area contributed by atoms with Crippen molar-refractivity contribution in [2.75, 3.05) is 21.3 Å². The number of cyclic esters (lactones) is 1. The molecule has 0 amide bonds. The van der Waals surface area contributed by atoms with Gasteiger partial charge < -0.3 is 33.5 Å². The Morgan fingerprint density at radius 2 is 1.56 bits per heavy atom. The van der Waals surface area contributed by atoms with E-state index in [2.05, 4.69) is 0 Å². The molecule has 6 atom stereocenters. The third-order valence-electron chi connectivity index (χ3n) is 6.75. The molecule has 2 aromatic carbocycles. The van der Waals surface area contributed by atoms with Gasteiger partial charge in [0.15, 0.2) is 6.10 Å². The Labute approximate surface area is 197 Å². The second-order valence-corrected chi connectivity index (χ2v) is 8.49. The number of carbonyl (C=O) groups excluding carboxylic acids is 2. The van der Waals surface area contributed by atoms with Crippen molar-refractivity contribution in [1.29, 1.82) is 0 Å².